The summed E-state index contributed by atoms with van der Waals surface area (Å²) in [7, 11) is 0. The summed E-state index contributed by atoms with van der Waals surface area (Å²) in [5, 5.41) is 33.4. The molecule has 3 fully saturated rings. The smallest absolute Gasteiger partial charge is 0.248 e. The average Bonchev–Trinajstić information content (AvgIpc) is 3.78. The molecule has 36 heavy (non-hydrogen) atoms. The van der Waals surface area contributed by atoms with E-state index in [2.05, 4.69) is 15.6 Å². The zero-order valence-electron chi connectivity index (χ0n) is 21.3. The minimum absolute atomic E-state index is 0.0612. The van der Waals surface area contributed by atoms with Crippen LogP contribution in [0, 0.1) is 11.3 Å². The average molecular weight is 496 g/mol. The number of aliphatic hydroxyl groups is 2. The first-order valence-electron chi connectivity index (χ1n) is 13.0. The first kappa shape index (κ1) is 24.9. The van der Waals surface area contributed by atoms with Gasteiger partial charge >= 0.3 is 0 Å². The molecule has 5 rings (SSSR count). The van der Waals surface area contributed by atoms with Gasteiger partial charge in [0, 0.05) is 25.1 Å². The molecule has 2 aromatic rings. The number of amides is 2. The SMILES string of the molecule is CC(C)(C)[C@@H](C(=O)N1C[C@H](O)C[C@H]1C(=O)NCC(O)(c1ccccc1)C1CC1)n1cc(C2CC2)nn1. The first-order chi connectivity index (χ1) is 17.1. The van der Waals surface area contributed by atoms with E-state index in [1.807, 2.05) is 57.3 Å². The molecule has 0 spiro atoms. The Morgan fingerprint density at radius 1 is 1.14 bits per heavy atom. The van der Waals surface area contributed by atoms with Gasteiger partial charge in [-0.3, -0.25) is 9.59 Å². The van der Waals surface area contributed by atoms with E-state index in [1.165, 1.54) is 4.90 Å². The van der Waals surface area contributed by atoms with Gasteiger partial charge in [-0.15, -0.1) is 5.10 Å². The quantitative estimate of drug-likeness (QED) is 0.516. The van der Waals surface area contributed by atoms with Crippen LogP contribution in [0.2, 0.25) is 0 Å². The summed E-state index contributed by atoms with van der Waals surface area (Å²) < 4.78 is 1.62. The Morgan fingerprint density at radius 3 is 2.44 bits per heavy atom. The van der Waals surface area contributed by atoms with Crippen molar-refractivity contribution in [2.75, 3.05) is 13.1 Å². The van der Waals surface area contributed by atoms with E-state index < -0.39 is 29.2 Å². The fraction of sp³-hybridized carbons (Fsp3) is 0.630. The molecule has 3 N–H and O–H groups in total. The molecule has 4 atom stereocenters. The highest BCUT2D eigenvalue weighted by Gasteiger charge is 2.48. The maximum Gasteiger partial charge on any atom is 0.248 e. The number of nitrogens with zero attached hydrogens (tertiary/aromatic N) is 4. The van der Waals surface area contributed by atoms with Crippen LogP contribution < -0.4 is 5.32 Å². The summed E-state index contributed by atoms with van der Waals surface area (Å²) in [5.74, 6) is -0.117. The van der Waals surface area contributed by atoms with Gasteiger partial charge in [0.1, 0.15) is 17.7 Å². The normalized spacial score (nSPS) is 24.9. The Hall–Kier alpha value is -2.78. The number of likely N-dealkylation sites (tertiary alicyclic amines) is 1. The summed E-state index contributed by atoms with van der Waals surface area (Å²) in [6, 6.07) is 7.93. The third-order valence-electron chi connectivity index (χ3n) is 7.77. The van der Waals surface area contributed by atoms with Gasteiger partial charge in [0.05, 0.1) is 18.3 Å². The standard InChI is InChI=1S/C27H37N5O4/c1-26(2,3)23(32-15-21(29-30-32)17-9-10-17)25(35)31-14-20(33)13-22(31)24(34)28-16-27(36,19-11-12-19)18-7-5-4-6-8-18/h4-8,15,17,19-20,22-23,33,36H,9-14,16H2,1-3H3,(H,28,34)/t20-,22+,23-,27?/m1/s1. The van der Waals surface area contributed by atoms with Crippen molar-refractivity contribution >= 4 is 11.8 Å². The maximum atomic E-state index is 13.9. The zero-order chi connectivity index (χ0) is 25.7. The van der Waals surface area contributed by atoms with E-state index in [4.69, 9.17) is 0 Å². The Kier molecular flexibility index (Phi) is 6.41. The Labute approximate surface area is 211 Å². The molecule has 1 aromatic carbocycles. The van der Waals surface area contributed by atoms with Crippen molar-refractivity contribution in [3.8, 4) is 0 Å². The molecule has 1 aromatic heterocycles. The fourth-order valence-electron chi connectivity index (χ4n) is 5.44. The van der Waals surface area contributed by atoms with Crippen LogP contribution in [0.5, 0.6) is 0 Å². The molecule has 2 aliphatic carbocycles. The number of carbonyl (C=O) groups excluding carboxylic acids is 2. The summed E-state index contributed by atoms with van der Waals surface area (Å²) in [5.41, 5.74) is 0.0297. The highest BCUT2D eigenvalue weighted by Crippen LogP contribution is 2.45. The number of nitrogens with one attached hydrogen (secondary N) is 1. The fourth-order valence-corrected chi connectivity index (χ4v) is 5.44. The van der Waals surface area contributed by atoms with Gasteiger partial charge in [0.2, 0.25) is 11.8 Å². The Bertz CT molecular complexity index is 1100. The molecule has 3 aliphatic rings. The number of rotatable bonds is 8. The van der Waals surface area contributed by atoms with Crippen LogP contribution >= 0.6 is 0 Å². The predicted molar refractivity (Wildman–Crippen MR) is 133 cm³/mol. The number of aliphatic hydroxyl groups excluding tert-OH is 1. The minimum Gasteiger partial charge on any atom is -0.391 e. The second-order valence-electron chi connectivity index (χ2n) is 11.8. The van der Waals surface area contributed by atoms with E-state index >= 15 is 0 Å². The summed E-state index contributed by atoms with van der Waals surface area (Å²) in [6.07, 6.45) is 5.20. The van der Waals surface area contributed by atoms with Crippen LogP contribution in [-0.4, -0.2) is 67.2 Å². The highest BCUT2D eigenvalue weighted by molar-refractivity contribution is 5.90. The minimum atomic E-state index is -1.16. The number of hydrogen-bond acceptors (Lipinski definition) is 6. The number of benzene rings is 1. The molecule has 0 bridgehead atoms. The van der Waals surface area contributed by atoms with Crippen molar-refractivity contribution in [1.82, 2.24) is 25.2 Å². The molecule has 2 saturated carbocycles. The molecule has 9 heteroatoms. The molecule has 2 heterocycles. The summed E-state index contributed by atoms with van der Waals surface area (Å²) >= 11 is 0. The largest absolute Gasteiger partial charge is 0.391 e. The van der Waals surface area contributed by atoms with Crippen molar-refractivity contribution in [3.63, 3.8) is 0 Å². The van der Waals surface area contributed by atoms with Crippen LogP contribution in [0.3, 0.4) is 0 Å². The third kappa shape index (κ3) is 4.91. The van der Waals surface area contributed by atoms with Crippen LogP contribution in [0.4, 0.5) is 0 Å². The van der Waals surface area contributed by atoms with Crippen molar-refractivity contribution in [1.29, 1.82) is 0 Å². The second-order valence-corrected chi connectivity index (χ2v) is 11.8. The van der Waals surface area contributed by atoms with Gasteiger partial charge in [0.15, 0.2) is 0 Å². The molecular formula is C27H37N5O4. The third-order valence-corrected chi connectivity index (χ3v) is 7.77. The molecule has 2 amide bonds. The van der Waals surface area contributed by atoms with Crippen molar-refractivity contribution in [2.45, 2.75) is 82.6 Å². The highest BCUT2D eigenvalue weighted by atomic mass is 16.3. The van der Waals surface area contributed by atoms with E-state index in [0.717, 1.165) is 36.9 Å². The molecule has 9 nitrogen and oxygen atoms in total. The number of β-amino-alcohol motifs (C(OH)–C–C–N with tert-alkyl or cyclic N) is 1. The van der Waals surface area contributed by atoms with Gasteiger partial charge < -0.3 is 20.4 Å². The lowest BCUT2D eigenvalue weighted by Crippen LogP contribution is -2.52. The van der Waals surface area contributed by atoms with E-state index in [9.17, 15) is 19.8 Å². The molecular weight excluding hydrogens is 458 g/mol. The lowest BCUT2D eigenvalue weighted by atomic mass is 9.85. The van der Waals surface area contributed by atoms with Gasteiger partial charge in [-0.05, 0) is 42.6 Å². The maximum absolute atomic E-state index is 13.9. The molecule has 1 saturated heterocycles. The lowest BCUT2D eigenvalue weighted by molar-refractivity contribution is -0.144. The zero-order valence-corrected chi connectivity index (χ0v) is 21.3. The Balaban J connectivity index is 1.33. The van der Waals surface area contributed by atoms with Crippen molar-refractivity contribution in [3.05, 3.63) is 47.8 Å². The van der Waals surface area contributed by atoms with Gasteiger partial charge in [-0.2, -0.15) is 0 Å². The van der Waals surface area contributed by atoms with Gasteiger partial charge in [-0.1, -0.05) is 56.3 Å². The molecule has 1 unspecified atom stereocenters. The monoisotopic (exact) mass is 495 g/mol. The first-order valence-corrected chi connectivity index (χ1v) is 13.0. The van der Waals surface area contributed by atoms with Crippen LogP contribution in [0.25, 0.3) is 0 Å². The van der Waals surface area contributed by atoms with Gasteiger partial charge in [0.25, 0.3) is 0 Å². The van der Waals surface area contributed by atoms with Crippen LogP contribution in [0.1, 0.15) is 76.1 Å². The predicted octanol–water partition coefficient (Wildman–Crippen LogP) is 2.12. The molecule has 1 aliphatic heterocycles. The van der Waals surface area contributed by atoms with Crippen molar-refractivity contribution < 1.29 is 19.8 Å². The molecule has 0 radical (unpaired) electrons. The summed E-state index contributed by atoms with van der Waals surface area (Å²) in [4.78, 5) is 28.7. The summed E-state index contributed by atoms with van der Waals surface area (Å²) in [6.45, 7) is 6.03. The van der Waals surface area contributed by atoms with Crippen molar-refractivity contribution in [2.24, 2.45) is 11.3 Å². The van der Waals surface area contributed by atoms with Gasteiger partial charge in [-0.25, -0.2) is 4.68 Å². The van der Waals surface area contributed by atoms with E-state index in [-0.39, 0.29) is 37.2 Å². The second kappa shape index (κ2) is 9.27. The lowest BCUT2D eigenvalue weighted by Gasteiger charge is -2.35. The number of hydrogen-bond donors (Lipinski definition) is 3. The topological polar surface area (TPSA) is 121 Å². The number of carbonyl (C=O) groups is 2. The Morgan fingerprint density at radius 2 is 1.83 bits per heavy atom. The van der Waals surface area contributed by atoms with Crippen LogP contribution in [-0.2, 0) is 15.2 Å². The molecule has 194 valence electrons. The number of aromatic nitrogens is 3. The van der Waals surface area contributed by atoms with E-state index in [0.29, 0.717) is 5.92 Å². The van der Waals surface area contributed by atoms with Crippen LogP contribution in [0.15, 0.2) is 36.5 Å². The van der Waals surface area contributed by atoms with E-state index in [1.54, 1.807) is 4.68 Å².